The topological polar surface area (TPSA) is 12.9 Å². The molecule has 0 N–H and O–H groups in total. The summed E-state index contributed by atoms with van der Waals surface area (Å²) in [5.41, 5.74) is 2.11. The zero-order chi connectivity index (χ0) is 11.7. The fraction of sp³-hybridized carbons (Fsp3) is 0. The highest BCUT2D eigenvalue weighted by Gasteiger charge is 2.06. The molecule has 0 bridgehead atoms. The fourth-order valence-corrected chi connectivity index (χ4v) is 3.31. The highest BCUT2D eigenvalue weighted by atomic mass is 35.5. The summed E-state index contributed by atoms with van der Waals surface area (Å²) in [4.78, 5) is 5.86. The van der Waals surface area contributed by atoms with Crippen LogP contribution in [-0.2, 0) is 0 Å². The van der Waals surface area contributed by atoms with Crippen LogP contribution < -0.4 is 0 Å². The van der Waals surface area contributed by atoms with Gasteiger partial charge in [0.15, 0.2) is 0 Å². The summed E-state index contributed by atoms with van der Waals surface area (Å²) < 4.78 is 0. The van der Waals surface area contributed by atoms with Crippen LogP contribution in [0.3, 0.4) is 0 Å². The van der Waals surface area contributed by atoms with E-state index in [1.165, 1.54) is 4.88 Å². The van der Waals surface area contributed by atoms with Gasteiger partial charge in [-0.15, -0.1) is 22.7 Å². The van der Waals surface area contributed by atoms with E-state index in [0.29, 0.717) is 0 Å². The Kier molecular flexibility index (Phi) is 2.97. The summed E-state index contributed by atoms with van der Waals surface area (Å²) in [6.45, 7) is 0. The second-order valence-corrected chi connectivity index (χ2v) is 5.76. The molecule has 0 amide bonds. The second kappa shape index (κ2) is 4.61. The number of benzene rings is 1. The predicted molar refractivity (Wildman–Crippen MR) is 75.9 cm³/mol. The lowest BCUT2D eigenvalue weighted by molar-refractivity contribution is 1.41. The van der Waals surface area contributed by atoms with E-state index in [1.54, 1.807) is 22.7 Å². The van der Waals surface area contributed by atoms with Crippen LogP contribution in [0, 0.1) is 0 Å². The van der Waals surface area contributed by atoms with Crippen molar-refractivity contribution in [1.82, 2.24) is 4.98 Å². The van der Waals surface area contributed by atoms with Gasteiger partial charge < -0.3 is 0 Å². The van der Waals surface area contributed by atoms with E-state index in [2.05, 4.69) is 21.8 Å². The quantitative estimate of drug-likeness (QED) is 0.628. The largest absolute Gasteiger partial charge is 0.235 e. The maximum atomic E-state index is 5.87. The number of nitrogens with zero attached hydrogens (tertiary/aromatic N) is 1. The maximum Gasteiger partial charge on any atom is 0.134 e. The van der Waals surface area contributed by atoms with E-state index in [0.717, 1.165) is 21.3 Å². The van der Waals surface area contributed by atoms with Crippen molar-refractivity contribution in [3.8, 4) is 21.1 Å². The van der Waals surface area contributed by atoms with Crippen LogP contribution in [-0.4, -0.2) is 4.98 Å². The van der Waals surface area contributed by atoms with Gasteiger partial charge in [0, 0.05) is 16.0 Å². The molecule has 0 unspecified atom stereocenters. The molecular weight excluding hydrogens is 270 g/mol. The third-order valence-electron chi connectivity index (χ3n) is 2.38. The Morgan fingerprint density at radius 1 is 1.00 bits per heavy atom. The van der Waals surface area contributed by atoms with Gasteiger partial charge in [0.2, 0.25) is 0 Å². The van der Waals surface area contributed by atoms with Crippen LogP contribution >= 0.6 is 34.3 Å². The molecule has 0 radical (unpaired) electrons. The molecule has 0 aliphatic rings. The van der Waals surface area contributed by atoms with Crippen molar-refractivity contribution < 1.29 is 0 Å². The summed E-state index contributed by atoms with van der Waals surface area (Å²) in [5.74, 6) is 0. The Morgan fingerprint density at radius 3 is 2.53 bits per heavy atom. The van der Waals surface area contributed by atoms with Crippen molar-refractivity contribution in [1.29, 1.82) is 0 Å². The Hall–Kier alpha value is -1.16. The Morgan fingerprint density at radius 2 is 1.82 bits per heavy atom. The summed E-state index contributed by atoms with van der Waals surface area (Å²) in [5, 5.41) is 5.98. The molecule has 0 fully saturated rings. The number of rotatable bonds is 2. The number of hydrogen-bond acceptors (Lipinski definition) is 3. The molecule has 0 aliphatic carbocycles. The minimum absolute atomic E-state index is 0.752. The normalized spacial score (nSPS) is 10.6. The summed E-state index contributed by atoms with van der Waals surface area (Å²) in [6.07, 6.45) is 0. The van der Waals surface area contributed by atoms with Crippen molar-refractivity contribution in [2.75, 3.05) is 0 Å². The fourth-order valence-electron chi connectivity index (χ4n) is 1.54. The van der Waals surface area contributed by atoms with Gasteiger partial charge in [-0.3, -0.25) is 0 Å². The molecule has 2 heterocycles. The van der Waals surface area contributed by atoms with Crippen LogP contribution in [0.1, 0.15) is 0 Å². The molecule has 1 nitrogen and oxygen atoms in total. The lowest BCUT2D eigenvalue weighted by atomic mass is 10.2. The molecule has 3 aromatic rings. The van der Waals surface area contributed by atoms with E-state index < -0.39 is 0 Å². The van der Waals surface area contributed by atoms with Crippen molar-refractivity contribution in [2.45, 2.75) is 0 Å². The first kappa shape index (κ1) is 11.0. The Labute approximate surface area is 112 Å². The molecule has 0 atom stereocenters. The number of thiophene rings is 1. The first-order valence-corrected chi connectivity index (χ1v) is 7.22. The van der Waals surface area contributed by atoms with Gasteiger partial charge in [-0.05, 0) is 23.6 Å². The minimum atomic E-state index is 0.752. The van der Waals surface area contributed by atoms with Gasteiger partial charge in [-0.2, -0.15) is 0 Å². The summed E-state index contributed by atoms with van der Waals surface area (Å²) in [7, 11) is 0. The average molecular weight is 278 g/mol. The van der Waals surface area contributed by atoms with Gasteiger partial charge >= 0.3 is 0 Å². The molecular formula is C13H8ClNS2. The van der Waals surface area contributed by atoms with E-state index in [9.17, 15) is 0 Å². The molecule has 84 valence electrons. The molecule has 4 heteroatoms. The molecule has 3 rings (SSSR count). The zero-order valence-electron chi connectivity index (χ0n) is 8.76. The summed E-state index contributed by atoms with van der Waals surface area (Å²) >= 11 is 9.26. The average Bonchev–Trinajstić information content (AvgIpc) is 3.00. The van der Waals surface area contributed by atoms with Gasteiger partial charge in [-0.25, -0.2) is 4.98 Å². The molecule has 0 spiro atoms. The maximum absolute atomic E-state index is 5.87. The predicted octanol–water partition coefficient (Wildman–Crippen LogP) is 5.19. The van der Waals surface area contributed by atoms with Crippen LogP contribution in [0.25, 0.3) is 21.1 Å². The molecule has 0 saturated heterocycles. The number of halogens is 1. The summed E-state index contributed by atoms with van der Waals surface area (Å²) in [6, 6.07) is 11.9. The number of hydrogen-bond donors (Lipinski definition) is 0. The number of aromatic nitrogens is 1. The second-order valence-electron chi connectivity index (χ2n) is 3.52. The Bertz CT molecular complexity index is 611. The third-order valence-corrected chi connectivity index (χ3v) is 4.51. The monoisotopic (exact) mass is 277 g/mol. The SMILES string of the molecule is Clc1ccc(-c2csc(-c3cccs3)n2)cc1. The third kappa shape index (κ3) is 2.27. The van der Waals surface area contributed by atoms with Crippen LogP contribution in [0.15, 0.2) is 47.2 Å². The lowest BCUT2D eigenvalue weighted by Crippen LogP contribution is -1.77. The van der Waals surface area contributed by atoms with E-state index in [-0.39, 0.29) is 0 Å². The molecule has 0 aliphatic heterocycles. The van der Waals surface area contributed by atoms with E-state index >= 15 is 0 Å². The Balaban J connectivity index is 1.98. The number of thiazole rings is 1. The van der Waals surface area contributed by atoms with E-state index in [4.69, 9.17) is 11.6 Å². The molecule has 17 heavy (non-hydrogen) atoms. The zero-order valence-corrected chi connectivity index (χ0v) is 11.1. The lowest BCUT2D eigenvalue weighted by Gasteiger charge is -1.95. The molecule has 2 aromatic heterocycles. The van der Waals surface area contributed by atoms with Crippen molar-refractivity contribution >= 4 is 34.3 Å². The van der Waals surface area contributed by atoms with Gasteiger partial charge in [0.1, 0.15) is 5.01 Å². The van der Waals surface area contributed by atoms with Gasteiger partial charge in [-0.1, -0.05) is 29.8 Å². The van der Waals surface area contributed by atoms with Gasteiger partial charge in [0.25, 0.3) is 0 Å². The van der Waals surface area contributed by atoms with Crippen molar-refractivity contribution in [2.24, 2.45) is 0 Å². The molecule has 0 saturated carbocycles. The minimum Gasteiger partial charge on any atom is -0.235 e. The highest BCUT2D eigenvalue weighted by molar-refractivity contribution is 7.20. The van der Waals surface area contributed by atoms with Crippen LogP contribution in [0.4, 0.5) is 0 Å². The van der Waals surface area contributed by atoms with E-state index in [1.807, 2.05) is 30.3 Å². The van der Waals surface area contributed by atoms with Gasteiger partial charge in [0.05, 0.1) is 10.6 Å². The van der Waals surface area contributed by atoms with Crippen molar-refractivity contribution in [3.63, 3.8) is 0 Å². The standard InChI is InChI=1S/C13H8ClNS2/c14-10-5-3-9(4-6-10)11-8-17-13(15-11)12-2-1-7-16-12/h1-8H. The molecule has 1 aromatic carbocycles. The van der Waals surface area contributed by atoms with Crippen molar-refractivity contribution in [3.05, 3.63) is 52.2 Å². The first-order valence-electron chi connectivity index (χ1n) is 5.08. The first-order chi connectivity index (χ1) is 8.33. The highest BCUT2D eigenvalue weighted by Crippen LogP contribution is 2.31. The van der Waals surface area contributed by atoms with Crippen LogP contribution in [0.5, 0.6) is 0 Å². The van der Waals surface area contributed by atoms with Crippen LogP contribution in [0.2, 0.25) is 5.02 Å². The smallest absolute Gasteiger partial charge is 0.134 e.